The minimum absolute atomic E-state index is 0.108. The van der Waals surface area contributed by atoms with Gasteiger partial charge in [0, 0.05) is 0 Å². The standard InChI is InChI=1S/C10H19NO2/c1-8-3-2-4-10(5-8,7-11)6-9(12)13/h8H,2-7,11H2,1H3,(H,12,13). The second-order valence-electron chi connectivity index (χ2n) is 4.48. The van der Waals surface area contributed by atoms with Gasteiger partial charge in [-0.05, 0) is 30.7 Å². The third-order valence-electron chi connectivity index (χ3n) is 3.14. The fraction of sp³-hybridized carbons (Fsp3) is 0.900. The van der Waals surface area contributed by atoms with Crippen molar-refractivity contribution in [3.8, 4) is 0 Å². The van der Waals surface area contributed by atoms with Gasteiger partial charge in [0.15, 0.2) is 0 Å². The van der Waals surface area contributed by atoms with Crippen molar-refractivity contribution in [2.45, 2.75) is 39.0 Å². The van der Waals surface area contributed by atoms with E-state index in [4.69, 9.17) is 10.8 Å². The molecule has 3 heteroatoms. The van der Waals surface area contributed by atoms with Crippen molar-refractivity contribution in [1.82, 2.24) is 0 Å². The summed E-state index contributed by atoms with van der Waals surface area (Å²) in [5.41, 5.74) is 5.58. The number of hydrogen-bond acceptors (Lipinski definition) is 2. The number of nitrogens with two attached hydrogens (primary N) is 1. The van der Waals surface area contributed by atoms with E-state index in [0.717, 1.165) is 19.3 Å². The maximum atomic E-state index is 10.7. The van der Waals surface area contributed by atoms with Crippen molar-refractivity contribution in [2.75, 3.05) is 6.54 Å². The van der Waals surface area contributed by atoms with Crippen LogP contribution >= 0.6 is 0 Å². The lowest BCUT2D eigenvalue weighted by atomic mass is 9.68. The van der Waals surface area contributed by atoms with Crippen LogP contribution in [0.15, 0.2) is 0 Å². The summed E-state index contributed by atoms with van der Waals surface area (Å²) in [6.07, 6.45) is 4.57. The number of rotatable bonds is 3. The summed E-state index contributed by atoms with van der Waals surface area (Å²) in [6.45, 7) is 2.70. The van der Waals surface area contributed by atoms with Crippen molar-refractivity contribution in [3.63, 3.8) is 0 Å². The molecule has 1 fully saturated rings. The molecule has 13 heavy (non-hydrogen) atoms. The van der Waals surface area contributed by atoms with Crippen LogP contribution in [-0.2, 0) is 4.79 Å². The normalized spacial score (nSPS) is 34.5. The van der Waals surface area contributed by atoms with E-state index in [0.29, 0.717) is 12.5 Å². The molecular formula is C10H19NO2. The molecule has 1 rings (SSSR count). The Morgan fingerprint density at radius 2 is 2.38 bits per heavy atom. The lowest BCUT2D eigenvalue weighted by molar-refractivity contribution is -0.140. The number of carboxylic acid groups (broad SMARTS) is 1. The highest BCUT2D eigenvalue weighted by atomic mass is 16.4. The Morgan fingerprint density at radius 1 is 1.69 bits per heavy atom. The molecule has 76 valence electrons. The zero-order chi connectivity index (χ0) is 9.90. The quantitative estimate of drug-likeness (QED) is 0.702. The molecule has 0 radical (unpaired) electrons. The molecule has 1 saturated carbocycles. The van der Waals surface area contributed by atoms with Gasteiger partial charge in [-0.15, -0.1) is 0 Å². The number of carboxylic acids is 1. The maximum Gasteiger partial charge on any atom is 0.303 e. The Balaban J connectivity index is 2.61. The summed E-state index contributed by atoms with van der Waals surface area (Å²) in [5.74, 6) is -0.0730. The number of hydrogen-bond donors (Lipinski definition) is 2. The second-order valence-corrected chi connectivity index (χ2v) is 4.48. The van der Waals surface area contributed by atoms with E-state index >= 15 is 0 Å². The summed E-state index contributed by atoms with van der Waals surface area (Å²) in [4.78, 5) is 10.7. The Morgan fingerprint density at radius 3 is 2.85 bits per heavy atom. The van der Waals surface area contributed by atoms with E-state index in [9.17, 15) is 4.79 Å². The smallest absolute Gasteiger partial charge is 0.303 e. The monoisotopic (exact) mass is 185 g/mol. The van der Waals surface area contributed by atoms with Gasteiger partial charge in [-0.3, -0.25) is 4.79 Å². The molecule has 1 aliphatic carbocycles. The Kier molecular flexibility index (Phi) is 3.31. The zero-order valence-corrected chi connectivity index (χ0v) is 8.25. The van der Waals surface area contributed by atoms with E-state index in [1.165, 1.54) is 6.42 Å². The van der Waals surface area contributed by atoms with Crippen molar-refractivity contribution in [2.24, 2.45) is 17.1 Å². The summed E-state index contributed by atoms with van der Waals surface area (Å²) in [7, 11) is 0. The van der Waals surface area contributed by atoms with Crippen LogP contribution < -0.4 is 5.73 Å². The molecule has 0 amide bonds. The van der Waals surface area contributed by atoms with E-state index in [2.05, 4.69) is 6.92 Å². The zero-order valence-electron chi connectivity index (χ0n) is 8.25. The molecule has 2 unspecified atom stereocenters. The minimum atomic E-state index is -0.709. The molecule has 0 heterocycles. The van der Waals surface area contributed by atoms with Crippen LogP contribution in [0.25, 0.3) is 0 Å². The van der Waals surface area contributed by atoms with Crippen LogP contribution in [0.1, 0.15) is 39.0 Å². The van der Waals surface area contributed by atoms with Gasteiger partial charge >= 0.3 is 5.97 Å². The van der Waals surface area contributed by atoms with Crippen LogP contribution in [0.3, 0.4) is 0 Å². The molecular weight excluding hydrogens is 166 g/mol. The first-order chi connectivity index (χ1) is 6.08. The van der Waals surface area contributed by atoms with E-state index in [1.807, 2.05) is 0 Å². The van der Waals surface area contributed by atoms with Gasteiger partial charge in [-0.1, -0.05) is 19.8 Å². The molecule has 0 aromatic heterocycles. The third kappa shape index (κ3) is 2.69. The van der Waals surface area contributed by atoms with E-state index < -0.39 is 5.97 Å². The molecule has 0 aliphatic heterocycles. The third-order valence-corrected chi connectivity index (χ3v) is 3.14. The van der Waals surface area contributed by atoms with Crippen molar-refractivity contribution in [1.29, 1.82) is 0 Å². The molecule has 0 spiro atoms. The van der Waals surface area contributed by atoms with Crippen LogP contribution in [0.2, 0.25) is 0 Å². The van der Waals surface area contributed by atoms with Gasteiger partial charge in [0.25, 0.3) is 0 Å². The molecule has 2 atom stereocenters. The average Bonchev–Trinajstić information content (AvgIpc) is 2.03. The minimum Gasteiger partial charge on any atom is -0.481 e. The van der Waals surface area contributed by atoms with Crippen molar-refractivity contribution < 1.29 is 9.90 Å². The summed E-state index contributed by atoms with van der Waals surface area (Å²) in [6, 6.07) is 0. The van der Waals surface area contributed by atoms with Gasteiger partial charge in [-0.2, -0.15) is 0 Å². The lowest BCUT2D eigenvalue weighted by Crippen LogP contribution is -2.37. The highest BCUT2D eigenvalue weighted by molar-refractivity contribution is 5.67. The predicted octanol–water partition coefficient (Wildman–Crippen LogP) is 1.62. The van der Waals surface area contributed by atoms with Crippen LogP contribution in [0, 0.1) is 11.3 Å². The van der Waals surface area contributed by atoms with Gasteiger partial charge < -0.3 is 10.8 Å². The van der Waals surface area contributed by atoms with Crippen molar-refractivity contribution in [3.05, 3.63) is 0 Å². The molecule has 1 aliphatic rings. The van der Waals surface area contributed by atoms with Crippen LogP contribution in [-0.4, -0.2) is 17.6 Å². The molecule has 0 aromatic carbocycles. The predicted molar refractivity (Wildman–Crippen MR) is 51.4 cm³/mol. The largest absolute Gasteiger partial charge is 0.481 e. The van der Waals surface area contributed by atoms with Gasteiger partial charge in [-0.25, -0.2) is 0 Å². The Hall–Kier alpha value is -0.570. The lowest BCUT2D eigenvalue weighted by Gasteiger charge is -2.38. The molecule has 0 aromatic rings. The summed E-state index contributed by atoms with van der Waals surface area (Å²) in [5, 5.41) is 8.79. The number of aliphatic carboxylic acids is 1. The number of carbonyl (C=O) groups is 1. The van der Waals surface area contributed by atoms with Crippen LogP contribution in [0.5, 0.6) is 0 Å². The SMILES string of the molecule is CC1CCCC(CN)(CC(=O)O)C1. The molecule has 3 N–H and O–H groups in total. The molecule has 3 nitrogen and oxygen atoms in total. The summed E-state index contributed by atoms with van der Waals surface area (Å²) < 4.78 is 0. The fourth-order valence-corrected chi connectivity index (χ4v) is 2.51. The maximum absolute atomic E-state index is 10.7. The first kappa shape index (κ1) is 10.5. The van der Waals surface area contributed by atoms with Gasteiger partial charge in [0.1, 0.15) is 0 Å². The van der Waals surface area contributed by atoms with E-state index in [-0.39, 0.29) is 11.8 Å². The molecule has 0 bridgehead atoms. The van der Waals surface area contributed by atoms with E-state index in [1.54, 1.807) is 0 Å². The van der Waals surface area contributed by atoms with Gasteiger partial charge in [0.05, 0.1) is 6.42 Å². The topological polar surface area (TPSA) is 63.3 Å². The fourth-order valence-electron chi connectivity index (χ4n) is 2.51. The Labute approximate surface area is 79.3 Å². The Bertz CT molecular complexity index is 193. The highest BCUT2D eigenvalue weighted by Crippen LogP contribution is 2.41. The van der Waals surface area contributed by atoms with Crippen molar-refractivity contribution >= 4 is 5.97 Å². The first-order valence-corrected chi connectivity index (χ1v) is 5.00. The second kappa shape index (κ2) is 4.09. The summed E-state index contributed by atoms with van der Waals surface area (Å²) >= 11 is 0. The highest BCUT2D eigenvalue weighted by Gasteiger charge is 2.35. The van der Waals surface area contributed by atoms with Crippen LogP contribution in [0.4, 0.5) is 0 Å². The molecule has 0 saturated heterocycles. The van der Waals surface area contributed by atoms with Gasteiger partial charge in [0.2, 0.25) is 0 Å². The average molecular weight is 185 g/mol. The first-order valence-electron chi connectivity index (χ1n) is 5.00.